The first-order valence-electron chi connectivity index (χ1n) is 9.28. The van der Waals surface area contributed by atoms with Gasteiger partial charge in [0.1, 0.15) is 5.39 Å². The van der Waals surface area contributed by atoms with Crippen molar-refractivity contribution >= 4 is 22.8 Å². The number of fused-ring (bicyclic) bond motifs is 1. The lowest BCUT2D eigenvalue weighted by Gasteiger charge is -2.05. The molecule has 0 amide bonds. The van der Waals surface area contributed by atoms with Crippen LogP contribution < -0.4 is 5.56 Å². The molecule has 0 atom stereocenters. The number of benzene rings is 2. The Morgan fingerprint density at radius 2 is 1.87 bits per heavy atom. The molecule has 0 fully saturated rings. The molecule has 2 aromatic carbocycles. The van der Waals surface area contributed by atoms with Crippen molar-refractivity contribution in [3.05, 3.63) is 76.7 Å². The van der Waals surface area contributed by atoms with Crippen molar-refractivity contribution < 1.29 is 0 Å². The lowest BCUT2D eigenvalue weighted by molar-refractivity contribution is 0.788. The molecule has 5 aromatic rings. The van der Waals surface area contributed by atoms with Crippen molar-refractivity contribution in [3.63, 3.8) is 0 Å². The zero-order chi connectivity index (χ0) is 20.7. The second-order valence-corrected chi connectivity index (χ2v) is 7.79. The summed E-state index contributed by atoms with van der Waals surface area (Å²) in [5, 5.41) is 14.4. The minimum atomic E-state index is -0.245. The highest BCUT2D eigenvalue weighted by Crippen LogP contribution is 2.27. The van der Waals surface area contributed by atoms with E-state index >= 15 is 0 Å². The average Bonchev–Trinajstić information content (AvgIpc) is 3.33. The first kappa shape index (κ1) is 18.3. The topological polar surface area (TPSA) is 94.3 Å². The van der Waals surface area contributed by atoms with Gasteiger partial charge in [0.25, 0.3) is 5.56 Å². The van der Waals surface area contributed by atoms with Crippen LogP contribution in [-0.2, 0) is 7.05 Å². The summed E-state index contributed by atoms with van der Waals surface area (Å²) in [5.41, 5.74) is 3.22. The van der Waals surface area contributed by atoms with Crippen LogP contribution >= 0.6 is 11.8 Å². The zero-order valence-corrected chi connectivity index (χ0v) is 17.1. The van der Waals surface area contributed by atoms with Crippen LogP contribution in [0, 0.1) is 6.92 Å². The van der Waals surface area contributed by atoms with E-state index in [2.05, 4.69) is 31.3 Å². The molecule has 9 heteroatoms. The molecule has 0 spiro atoms. The van der Waals surface area contributed by atoms with Gasteiger partial charge in [-0.1, -0.05) is 42.0 Å². The minimum absolute atomic E-state index is 0.245. The molecule has 3 heterocycles. The van der Waals surface area contributed by atoms with E-state index in [1.807, 2.05) is 67.1 Å². The Hall–Kier alpha value is -3.72. The predicted octanol–water partition coefficient (Wildman–Crippen LogP) is 3.36. The lowest BCUT2D eigenvalue weighted by atomic mass is 10.1. The van der Waals surface area contributed by atoms with Gasteiger partial charge in [-0.25, -0.2) is 9.67 Å². The predicted molar refractivity (Wildman–Crippen MR) is 115 cm³/mol. The Morgan fingerprint density at radius 3 is 2.67 bits per heavy atom. The van der Waals surface area contributed by atoms with E-state index in [1.165, 1.54) is 18.0 Å². The van der Waals surface area contributed by atoms with E-state index in [9.17, 15) is 4.79 Å². The summed E-state index contributed by atoms with van der Waals surface area (Å²) >= 11 is 1.25. The van der Waals surface area contributed by atoms with Gasteiger partial charge in [-0.3, -0.25) is 4.79 Å². The molecule has 0 saturated heterocycles. The molecule has 0 saturated carbocycles. The summed E-state index contributed by atoms with van der Waals surface area (Å²) in [7, 11) is 1.89. The van der Waals surface area contributed by atoms with E-state index in [1.54, 1.807) is 4.68 Å². The first-order valence-corrected chi connectivity index (χ1v) is 10.1. The highest BCUT2D eigenvalue weighted by atomic mass is 32.2. The molecule has 0 aliphatic heterocycles. The fraction of sp³-hybridized carbons (Fsp3) is 0.0952. The second kappa shape index (κ2) is 7.27. The van der Waals surface area contributed by atoms with Crippen LogP contribution in [0.25, 0.3) is 28.1 Å². The third-order valence-corrected chi connectivity index (χ3v) is 5.64. The van der Waals surface area contributed by atoms with Crippen LogP contribution in [0.1, 0.15) is 5.56 Å². The number of nitrogens with one attached hydrogen (secondary N) is 1. The second-order valence-electron chi connectivity index (χ2n) is 6.84. The number of nitrogens with zero attached hydrogens (tertiary/aromatic N) is 6. The van der Waals surface area contributed by atoms with Crippen molar-refractivity contribution in [2.75, 3.05) is 0 Å². The summed E-state index contributed by atoms with van der Waals surface area (Å²) in [6.45, 7) is 2.04. The van der Waals surface area contributed by atoms with Crippen LogP contribution in [0.3, 0.4) is 0 Å². The van der Waals surface area contributed by atoms with Gasteiger partial charge in [0.05, 0.1) is 11.9 Å². The molecule has 1 N–H and O–H groups in total. The first-order chi connectivity index (χ1) is 14.6. The Kier molecular flexibility index (Phi) is 4.44. The van der Waals surface area contributed by atoms with Gasteiger partial charge < -0.3 is 9.55 Å². The zero-order valence-electron chi connectivity index (χ0n) is 16.3. The van der Waals surface area contributed by atoms with Crippen molar-refractivity contribution in [1.29, 1.82) is 0 Å². The maximum absolute atomic E-state index is 12.6. The fourth-order valence-corrected chi connectivity index (χ4v) is 3.98. The van der Waals surface area contributed by atoms with E-state index in [4.69, 9.17) is 0 Å². The highest BCUT2D eigenvalue weighted by molar-refractivity contribution is 7.99. The standard InChI is InChI=1S/C21H17N7OS/c1-13-7-6-8-14(11-13)17-25-26-21(27(17)2)30-20-23-18-16(19(29)24-20)12-22-28(18)15-9-4-3-5-10-15/h3-12H,1-2H3,(H,23,24,29). The number of H-pyrrole nitrogens is 1. The Balaban J connectivity index is 1.54. The number of para-hydroxylation sites is 1. The Bertz CT molecular complexity index is 1420. The molecule has 0 radical (unpaired) electrons. The molecular weight excluding hydrogens is 398 g/mol. The van der Waals surface area contributed by atoms with Gasteiger partial charge >= 0.3 is 0 Å². The summed E-state index contributed by atoms with van der Waals surface area (Å²) in [6.07, 6.45) is 1.53. The largest absolute Gasteiger partial charge is 0.305 e. The van der Waals surface area contributed by atoms with Gasteiger partial charge in [-0.05, 0) is 36.9 Å². The molecular formula is C21H17N7OS. The van der Waals surface area contributed by atoms with Crippen LogP contribution in [0.4, 0.5) is 0 Å². The van der Waals surface area contributed by atoms with E-state index in [-0.39, 0.29) is 5.56 Å². The minimum Gasteiger partial charge on any atom is -0.305 e. The number of hydrogen-bond acceptors (Lipinski definition) is 6. The third-order valence-electron chi connectivity index (χ3n) is 4.72. The number of hydrogen-bond donors (Lipinski definition) is 1. The number of aromatic nitrogens is 7. The lowest BCUT2D eigenvalue weighted by Crippen LogP contribution is -2.10. The molecule has 0 bridgehead atoms. The van der Waals surface area contributed by atoms with Gasteiger partial charge in [0.2, 0.25) is 0 Å². The van der Waals surface area contributed by atoms with E-state index in [0.717, 1.165) is 22.6 Å². The van der Waals surface area contributed by atoms with Crippen LogP contribution in [0.5, 0.6) is 0 Å². The molecule has 30 heavy (non-hydrogen) atoms. The highest BCUT2D eigenvalue weighted by Gasteiger charge is 2.16. The molecule has 148 valence electrons. The molecule has 0 aliphatic carbocycles. The van der Waals surface area contributed by atoms with Crippen LogP contribution in [-0.4, -0.2) is 34.5 Å². The van der Waals surface area contributed by atoms with Gasteiger partial charge in [0, 0.05) is 12.6 Å². The monoisotopic (exact) mass is 415 g/mol. The summed E-state index contributed by atoms with van der Waals surface area (Å²) in [4.78, 5) is 20.0. The third kappa shape index (κ3) is 3.18. The van der Waals surface area contributed by atoms with Crippen molar-refractivity contribution in [1.82, 2.24) is 34.5 Å². The van der Waals surface area contributed by atoms with E-state index in [0.29, 0.717) is 21.3 Å². The number of aromatic amines is 1. The maximum Gasteiger partial charge on any atom is 0.262 e. The SMILES string of the molecule is Cc1cccc(-c2nnc(Sc3nc4c(cnn4-c4ccccc4)c(=O)[nH]3)n2C)c1. The number of aryl methyl sites for hydroxylation is 1. The number of rotatable bonds is 4. The van der Waals surface area contributed by atoms with Crippen molar-refractivity contribution in [2.45, 2.75) is 17.2 Å². The normalized spacial score (nSPS) is 11.3. The Morgan fingerprint density at radius 1 is 1.03 bits per heavy atom. The average molecular weight is 415 g/mol. The molecule has 3 aromatic heterocycles. The summed E-state index contributed by atoms with van der Waals surface area (Å²) in [6, 6.07) is 17.7. The van der Waals surface area contributed by atoms with Gasteiger partial charge in [-0.15, -0.1) is 10.2 Å². The van der Waals surface area contributed by atoms with Gasteiger partial charge in [0.15, 0.2) is 21.8 Å². The molecule has 5 rings (SSSR count). The Labute approximate surface area is 175 Å². The summed E-state index contributed by atoms with van der Waals surface area (Å²) < 4.78 is 3.54. The van der Waals surface area contributed by atoms with Crippen molar-refractivity contribution in [3.8, 4) is 17.1 Å². The van der Waals surface area contributed by atoms with E-state index < -0.39 is 0 Å². The van der Waals surface area contributed by atoms with Crippen molar-refractivity contribution in [2.24, 2.45) is 7.05 Å². The fourth-order valence-electron chi connectivity index (χ4n) is 3.23. The van der Waals surface area contributed by atoms with Crippen LogP contribution in [0.2, 0.25) is 0 Å². The van der Waals surface area contributed by atoms with Crippen LogP contribution in [0.15, 0.2) is 75.9 Å². The quantitative estimate of drug-likeness (QED) is 0.452. The smallest absolute Gasteiger partial charge is 0.262 e. The molecule has 0 unspecified atom stereocenters. The maximum atomic E-state index is 12.6. The summed E-state index contributed by atoms with van der Waals surface area (Å²) in [5.74, 6) is 0.749. The molecule has 8 nitrogen and oxygen atoms in total. The molecule has 0 aliphatic rings. The van der Waals surface area contributed by atoms with Gasteiger partial charge in [-0.2, -0.15) is 5.10 Å².